The zero-order valence-corrected chi connectivity index (χ0v) is 14.7. The van der Waals surface area contributed by atoms with Crippen LogP contribution in [0.5, 0.6) is 0 Å². The molecule has 3 nitrogen and oxygen atoms in total. The Labute approximate surface area is 146 Å². The zero-order chi connectivity index (χ0) is 16.6. The molecule has 122 valence electrons. The van der Waals surface area contributed by atoms with Gasteiger partial charge in [0, 0.05) is 23.4 Å². The highest BCUT2D eigenvalue weighted by molar-refractivity contribution is 7.98. The average Bonchev–Trinajstić information content (AvgIpc) is 2.83. The van der Waals surface area contributed by atoms with Gasteiger partial charge in [-0.15, -0.1) is 0 Å². The highest BCUT2D eigenvalue weighted by Gasteiger charge is 2.34. The molecule has 0 atom stereocenters. The molecule has 1 aliphatic rings. The highest BCUT2D eigenvalue weighted by Crippen LogP contribution is 2.41. The molecule has 0 radical (unpaired) electrons. The lowest BCUT2D eigenvalue weighted by atomic mass is 10.1. The second kappa shape index (κ2) is 6.15. The van der Waals surface area contributed by atoms with Crippen LogP contribution < -0.4 is 4.31 Å². The summed E-state index contributed by atoms with van der Waals surface area (Å²) < 4.78 is 27.2. The van der Waals surface area contributed by atoms with E-state index in [4.69, 9.17) is 0 Å². The van der Waals surface area contributed by atoms with Gasteiger partial charge in [0.1, 0.15) is 0 Å². The van der Waals surface area contributed by atoms with Crippen molar-refractivity contribution in [2.75, 3.05) is 16.6 Å². The van der Waals surface area contributed by atoms with E-state index in [9.17, 15) is 8.42 Å². The second-order valence-electron chi connectivity index (χ2n) is 5.75. The number of anilines is 1. The maximum atomic E-state index is 12.8. The fourth-order valence-corrected chi connectivity index (χ4v) is 5.82. The van der Waals surface area contributed by atoms with Crippen LogP contribution in [-0.4, -0.2) is 20.7 Å². The summed E-state index contributed by atoms with van der Waals surface area (Å²) in [5, 5.41) is 1.83. The molecule has 0 fully saturated rings. The minimum Gasteiger partial charge on any atom is -0.265 e. The molecule has 0 amide bonds. The van der Waals surface area contributed by atoms with Crippen LogP contribution >= 0.6 is 11.8 Å². The van der Waals surface area contributed by atoms with Gasteiger partial charge in [-0.25, -0.2) is 8.42 Å². The van der Waals surface area contributed by atoms with Gasteiger partial charge in [-0.3, -0.25) is 4.31 Å². The highest BCUT2D eigenvalue weighted by atomic mass is 32.2. The molecular weight excluding hydrogens is 338 g/mol. The summed E-state index contributed by atoms with van der Waals surface area (Å²) in [5.74, 6) is 1.66. The molecule has 5 heteroatoms. The van der Waals surface area contributed by atoms with E-state index in [1.54, 1.807) is 22.1 Å². The molecule has 0 N–H and O–H groups in total. The molecule has 1 heterocycles. The van der Waals surface area contributed by atoms with E-state index < -0.39 is 10.0 Å². The summed E-state index contributed by atoms with van der Waals surface area (Å²) in [6, 6.07) is 21.5. The molecule has 3 aromatic rings. The van der Waals surface area contributed by atoms with Crippen molar-refractivity contribution in [1.82, 2.24) is 0 Å². The maximum absolute atomic E-state index is 12.8. The molecule has 3 aromatic carbocycles. The Balaban J connectivity index is 1.53. The Morgan fingerprint density at radius 3 is 2.42 bits per heavy atom. The minimum absolute atomic E-state index is 0.434. The molecule has 24 heavy (non-hydrogen) atoms. The van der Waals surface area contributed by atoms with Crippen molar-refractivity contribution in [2.24, 2.45) is 0 Å². The molecular formula is C19H17NO2S2. The zero-order valence-electron chi connectivity index (χ0n) is 13.1. The fourth-order valence-electron chi connectivity index (χ4n) is 3.11. The first-order chi connectivity index (χ1) is 11.7. The van der Waals surface area contributed by atoms with Crippen LogP contribution in [0.25, 0.3) is 10.8 Å². The van der Waals surface area contributed by atoms with Crippen LogP contribution in [0.2, 0.25) is 0 Å². The topological polar surface area (TPSA) is 37.4 Å². The van der Waals surface area contributed by atoms with Crippen molar-refractivity contribution < 1.29 is 8.42 Å². The Morgan fingerprint density at radius 1 is 0.875 bits per heavy atom. The minimum atomic E-state index is -3.42. The van der Waals surface area contributed by atoms with Crippen molar-refractivity contribution in [3.8, 4) is 0 Å². The lowest BCUT2D eigenvalue weighted by Crippen LogP contribution is -2.29. The van der Waals surface area contributed by atoms with Gasteiger partial charge in [-0.2, -0.15) is 11.8 Å². The molecule has 4 rings (SSSR count). The first kappa shape index (κ1) is 15.5. The fraction of sp³-hybridized carbons (Fsp3) is 0.158. The maximum Gasteiger partial charge on any atom is 0.265 e. The Hall–Kier alpha value is -1.98. The number of benzene rings is 3. The quantitative estimate of drug-likeness (QED) is 0.641. The Morgan fingerprint density at radius 2 is 1.62 bits per heavy atom. The molecule has 0 saturated carbocycles. The summed E-state index contributed by atoms with van der Waals surface area (Å²) in [6.45, 7) is 0.494. The van der Waals surface area contributed by atoms with Gasteiger partial charge >= 0.3 is 0 Å². The van der Waals surface area contributed by atoms with E-state index in [1.807, 2.05) is 48.5 Å². The Kier molecular flexibility index (Phi) is 3.98. The predicted molar refractivity (Wildman–Crippen MR) is 101 cm³/mol. The van der Waals surface area contributed by atoms with Crippen LogP contribution in [0.15, 0.2) is 71.6 Å². The van der Waals surface area contributed by atoms with Gasteiger partial charge < -0.3 is 0 Å². The summed E-state index contributed by atoms with van der Waals surface area (Å²) in [5.41, 5.74) is 2.07. The summed E-state index contributed by atoms with van der Waals surface area (Å²) in [6.07, 6.45) is 0. The van der Waals surface area contributed by atoms with E-state index in [1.165, 1.54) is 5.56 Å². The first-order valence-electron chi connectivity index (χ1n) is 7.84. The van der Waals surface area contributed by atoms with Crippen LogP contribution in [0.3, 0.4) is 0 Å². The smallest absolute Gasteiger partial charge is 0.265 e. The van der Waals surface area contributed by atoms with Crippen molar-refractivity contribution >= 4 is 38.2 Å². The monoisotopic (exact) mass is 355 g/mol. The van der Waals surface area contributed by atoms with Crippen LogP contribution in [0, 0.1) is 0 Å². The third-order valence-corrected chi connectivity index (χ3v) is 7.10. The lowest BCUT2D eigenvalue weighted by molar-refractivity contribution is 0.595. The van der Waals surface area contributed by atoms with E-state index in [0.717, 1.165) is 28.0 Å². The number of hydrogen-bond donors (Lipinski definition) is 0. The number of thioether (sulfide) groups is 1. The summed E-state index contributed by atoms with van der Waals surface area (Å²) in [4.78, 5) is 0.434. The molecule has 0 spiro atoms. The van der Waals surface area contributed by atoms with E-state index in [-0.39, 0.29) is 0 Å². The molecule has 1 aliphatic heterocycles. The predicted octanol–water partition coefficient (Wildman–Crippen LogP) is 4.28. The van der Waals surface area contributed by atoms with Gasteiger partial charge in [0.25, 0.3) is 10.0 Å². The van der Waals surface area contributed by atoms with Crippen molar-refractivity contribution in [3.05, 3.63) is 72.3 Å². The van der Waals surface area contributed by atoms with Crippen molar-refractivity contribution in [1.29, 1.82) is 0 Å². The first-order valence-corrected chi connectivity index (χ1v) is 10.4. The molecule has 0 unspecified atom stereocenters. The van der Waals surface area contributed by atoms with Gasteiger partial charge in [-0.1, -0.05) is 54.6 Å². The van der Waals surface area contributed by atoms with Gasteiger partial charge in [0.2, 0.25) is 0 Å². The van der Waals surface area contributed by atoms with E-state index in [0.29, 0.717) is 11.4 Å². The SMILES string of the molecule is O=S1(=O)c2cccc3cccc(c23)N1CCSCc1ccccc1. The number of sulfonamides is 1. The summed E-state index contributed by atoms with van der Waals surface area (Å²) >= 11 is 1.76. The normalized spacial score (nSPS) is 15.1. The largest absolute Gasteiger partial charge is 0.265 e. The van der Waals surface area contributed by atoms with Gasteiger partial charge in [0.05, 0.1) is 10.6 Å². The van der Waals surface area contributed by atoms with Gasteiger partial charge in [-0.05, 0) is 23.1 Å². The number of hydrogen-bond acceptors (Lipinski definition) is 3. The van der Waals surface area contributed by atoms with Crippen molar-refractivity contribution in [3.63, 3.8) is 0 Å². The lowest BCUT2D eigenvalue weighted by Gasteiger charge is -2.18. The third kappa shape index (κ3) is 2.58. The molecule has 0 aromatic heterocycles. The number of nitrogens with zero attached hydrogens (tertiary/aromatic N) is 1. The molecule has 0 saturated heterocycles. The van der Waals surface area contributed by atoms with E-state index in [2.05, 4.69) is 12.1 Å². The van der Waals surface area contributed by atoms with Crippen LogP contribution in [0.4, 0.5) is 5.69 Å². The average molecular weight is 355 g/mol. The van der Waals surface area contributed by atoms with Gasteiger partial charge in [0.15, 0.2) is 0 Å². The molecule has 0 aliphatic carbocycles. The molecule has 0 bridgehead atoms. The standard InChI is InChI=1S/C19H17NO2S2/c21-24(22)18-11-5-9-16-8-4-10-17(19(16)18)20(24)12-13-23-14-15-6-2-1-3-7-15/h1-11H,12-14H2. The van der Waals surface area contributed by atoms with E-state index >= 15 is 0 Å². The van der Waals surface area contributed by atoms with Crippen LogP contribution in [0.1, 0.15) is 5.56 Å². The number of rotatable bonds is 5. The van der Waals surface area contributed by atoms with Crippen molar-refractivity contribution in [2.45, 2.75) is 10.6 Å². The van der Waals surface area contributed by atoms with Crippen LogP contribution in [-0.2, 0) is 15.8 Å². The second-order valence-corrected chi connectivity index (χ2v) is 8.68. The third-order valence-electron chi connectivity index (χ3n) is 4.23. The Bertz CT molecular complexity index is 979. The summed E-state index contributed by atoms with van der Waals surface area (Å²) in [7, 11) is -3.42.